The normalized spacial score (nSPS) is 19.8. The molecular formula is C12H18ClN3. The Bertz CT molecular complexity index is 359. The lowest BCUT2D eigenvalue weighted by molar-refractivity contribution is 0.793. The minimum absolute atomic E-state index is 0.511. The second-order valence-corrected chi connectivity index (χ2v) is 4.83. The largest absolute Gasteiger partial charge is 0.379 e. The smallest absolute Gasteiger partial charge is 0.0597 e. The Kier molecular flexibility index (Phi) is 3.56. The van der Waals surface area contributed by atoms with Gasteiger partial charge in [-0.3, -0.25) is 0 Å². The minimum atomic E-state index is 0.511. The molecule has 4 heteroatoms. The number of halogens is 1. The van der Waals surface area contributed by atoms with Crippen LogP contribution in [0.4, 0.5) is 11.4 Å². The van der Waals surface area contributed by atoms with Gasteiger partial charge >= 0.3 is 0 Å². The van der Waals surface area contributed by atoms with E-state index in [1.807, 2.05) is 32.3 Å². The zero-order chi connectivity index (χ0) is 11.5. The molecule has 1 heterocycles. The number of benzene rings is 1. The van der Waals surface area contributed by atoms with E-state index in [4.69, 9.17) is 11.6 Å². The van der Waals surface area contributed by atoms with Crippen LogP contribution in [-0.4, -0.2) is 33.2 Å². The van der Waals surface area contributed by atoms with Crippen molar-refractivity contribution in [3.05, 3.63) is 23.2 Å². The summed E-state index contributed by atoms with van der Waals surface area (Å²) in [5.74, 6) is 0. The van der Waals surface area contributed by atoms with Crippen molar-refractivity contribution in [3.63, 3.8) is 0 Å². The lowest BCUT2D eigenvalue weighted by Crippen LogP contribution is -2.23. The first-order valence-electron chi connectivity index (χ1n) is 5.61. The SMILES string of the molecule is CN(C)c1ccc(Cl)cc1NC1CCNC1. The molecule has 1 fully saturated rings. The Labute approximate surface area is 102 Å². The van der Waals surface area contributed by atoms with Crippen LogP contribution in [0, 0.1) is 0 Å². The molecule has 88 valence electrons. The van der Waals surface area contributed by atoms with Crippen LogP contribution in [0.2, 0.25) is 5.02 Å². The first-order chi connectivity index (χ1) is 7.66. The number of nitrogens with zero attached hydrogens (tertiary/aromatic N) is 1. The Morgan fingerprint density at radius 1 is 1.44 bits per heavy atom. The molecule has 0 bridgehead atoms. The molecule has 16 heavy (non-hydrogen) atoms. The maximum Gasteiger partial charge on any atom is 0.0597 e. The molecular weight excluding hydrogens is 222 g/mol. The molecule has 0 spiro atoms. The predicted molar refractivity (Wildman–Crippen MR) is 70.7 cm³/mol. The third-order valence-electron chi connectivity index (χ3n) is 2.86. The second-order valence-electron chi connectivity index (χ2n) is 4.39. The topological polar surface area (TPSA) is 27.3 Å². The Hall–Kier alpha value is -0.930. The van der Waals surface area contributed by atoms with Crippen LogP contribution in [0.3, 0.4) is 0 Å². The van der Waals surface area contributed by atoms with Crippen molar-refractivity contribution in [3.8, 4) is 0 Å². The van der Waals surface area contributed by atoms with Gasteiger partial charge in [0.05, 0.1) is 11.4 Å². The molecule has 1 unspecified atom stereocenters. The van der Waals surface area contributed by atoms with E-state index >= 15 is 0 Å². The Morgan fingerprint density at radius 2 is 2.25 bits per heavy atom. The fourth-order valence-corrected chi connectivity index (χ4v) is 2.18. The summed E-state index contributed by atoms with van der Waals surface area (Å²) in [6, 6.07) is 6.48. The van der Waals surface area contributed by atoms with Crippen LogP contribution in [-0.2, 0) is 0 Å². The highest BCUT2D eigenvalue weighted by molar-refractivity contribution is 6.31. The molecule has 1 aromatic rings. The molecule has 0 saturated carbocycles. The molecule has 0 radical (unpaired) electrons. The first kappa shape index (κ1) is 11.6. The van der Waals surface area contributed by atoms with Crippen LogP contribution in [0.15, 0.2) is 18.2 Å². The molecule has 0 aromatic heterocycles. The van der Waals surface area contributed by atoms with Gasteiger partial charge in [-0.25, -0.2) is 0 Å². The quantitative estimate of drug-likeness (QED) is 0.847. The highest BCUT2D eigenvalue weighted by atomic mass is 35.5. The van der Waals surface area contributed by atoms with Crippen molar-refractivity contribution in [2.75, 3.05) is 37.4 Å². The fraction of sp³-hybridized carbons (Fsp3) is 0.500. The molecule has 0 amide bonds. The molecule has 2 rings (SSSR count). The van der Waals surface area contributed by atoms with Crippen LogP contribution < -0.4 is 15.5 Å². The average Bonchev–Trinajstić information content (AvgIpc) is 2.70. The van der Waals surface area contributed by atoms with Crippen LogP contribution in [0.25, 0.3) is 0 Å². The highest BCUT2D eigenvalue weighted by Gasteiger charge is 2.16. The molecule has 3 nitrogen and oxygen atoms in total. The van der Waals surface area contributed by atoms with E-state index in [1.54, 1.807) is 0 Å². The van der Waals surface area contributed by atoms with Crippen molar-refractivity contribution in [2.24, 2.45) is 0 Å². The number of hydrogen-bond acceptors (Lipinski definition) is 3. The summed E-state index contributed by atoms with van der Waals surface area (Å²) in [4.78, 5) is 2.10. The van der Waals surface area contributed by atoms with Gasteiger partial charge in [-0.15, -0.1) is 0 Å². The van der Waals surface area contributed by atoms with Crippen molar-refractivity contribution >= 4 is 23.0 Å². The van der Waals surface area contributed by atoms with Crippen molar-refractivity contribution in [1.29, 1.82) is 0 Å². The number of hydrogen-bond donors (Lipinski definition) is 2. The lowest BCUT2D eigenvalue weighted by atomic mass is 10.2. The van der Waals surface area contributed by atoms with E-state index in [9.17, 15) is 0 Å². The van der Waals surface area contributed by atoms with E-state index < -0.39 is 0 Å². The standard InChI is InChI=1S/C12H18ClN3/c1-16(2)12-4-3-9(13)7-11(12)15-10-5-6-14-8-10/h3-4,7,10,14-15H,5-6,8H2,1-2H3. The number of anilines is 2. The molecule has 1 aliphatic rings. The van der Waals surface area contributed by atoms with E-state index in [0.29, 0.717) is 6.04 Å². The summed E-state index contributed by atoms with van der Waals surface area (Å²) in [6.07, 6.45) is 1.17. The Morgan fingerprint density at radius 3 is 2.88 bits per heavy atom. The summed E-state index contributed by atoms with van der Waals surface area (Å²) >= 11 is 6.03. The van der Waals surface area contributed by atoms with Gasteiger partial charge in [0.15, 0.2) is 0 Å². The molecule has 1 aliphatic heterocycles. The summed E-state index contributed by atoms with van der Waals surface area (Å²) in [6.45, 7) is 2.12. The third kappa shape index (κ3) is 2.60. The number of rotatable bonds is 3. The van der Waals surface area contributed by atoms with Gasteiger partial charge < -0.3 is 15.5 Å². The molecule has 1 aromatic carbocycles. The minimum Gasteiger partial charge on any atom is -0.379 e. The van der Waals surface area contributed by atoms with Crippen molar-refractivity contribution < 1.29 is 0 Å². The molecule has 0 aliphatic carbocycles. The van der Waals surface area contributed by atoms with Gasteiger partial charge in [-0.1, -0.05) is 11.6 Å². The van der Waals surface area contributed by atoms with E-state index in [0.717, 1.165) is 23.8 Å². The van der Waals surface area contributed by atoms with E-state index in [2.05, 4.69) is 15.5 Å². The predicted octanol–water partition coefficient (Wildman–Crippen LogP) is 2.18. The summed E-state index contributed by atoms with van der Waals surface area (Å²) in [5, 5.41) is 7.67. The monoisotopic (exact) mass is 239 g/mol. The number of nitrogens with one attached hydrogen (secondary N) is 2. The third-order valence-corrected chi connectivity index (χ3v) is 3.10. The lowest BCUT2D eigenvalue weighted by Gasteiger charge is -2.21. The van der Waals surface area contributed by atoms with Gasteiger partial charge in [-0.2, -0.15) is 0 Å². The fourth-order valence-electron chi connectivity index (χ4n) is 2.01. The van der Waals surface area contributed by atoms with Gasteiger partial charge in [0.2, 0.25) is 0 Å². The summed E-state index contributed by atoms with van der Waals surface area (Å²) in [5.41, 5.74) is 2.29. The average molecular weight is 240 g/mol. The molecule has 2 N–H and O–H groups in total. The Balaban J connectivity index is 2.19. The maximum absolute atomic E-state index is 6.03. The van der Waals surface area contributed by atoms with Gasteiger partial charge in [0, 0.05) is 31.7 Å². The zero-order valence-corrected chi connectivity index (χ0v) is 10.5. The van der Waals surface area contributed by atoms with Crippen molar-refractivity contribution in [1.82, 2.24) is 5.32 Å². The van der Waals surface area contributed by atoms with Crippen LogP contribution >= 0.6 is 11.6 Å². The van der Waals surface area contributed by atoms with Gasteiger partial charge in [0.25, 0.3) is 0 Å². The summed E-state index contributed by atoms with van der Waals surface area (Å²) < 4.78 is 0. The van der Waals surface area contributed by atoms with E-state index in [-0.39, 0.29) is 0 Å². The van der Waals surface area contributed by atoms with Gasteiger partial charge in [0.1, 0.15) is 0 Å². The van der Waals surface area contributed by atoms with E-state index in [1.165, 1.54) is 12.1 Å². The zero-order valence-electron chi connectivity index (χ0n) is 9.76. The molecule has 1 atom stereocenters. The van der Waals surface area contributed by atoms with Gasteiger partial charge in [-0.05, 0) is 31.2 Å². The van der Waals surface area contributed by atoms with Crippen LogP contribution in [0.5, 0.6) is 0 Å². The van der Waals surface area contributed by atoms with Crippen molar-refractivity contribution in [2.45, 2.75) is 12.5 Å². The first-order valence-corrected chi connectivity index (χ1v) is 5.99. The maximum atomic E-state index is 6.03. The highest BCUT2D eigenvalue weighted by Crippen LogP contribution is 2.28. The molecule has 1 saturated heterocycles. The summed E-state index contributed by atoms with van der Waals surface area (Å²) in [7, 11) is 4.09. The van der Waals surface area contributed by atoms with Crippen LogP contribution in [0.1, 0.15) is 6.42 Å². The second kappa shape index (κ2) is 4.93.